The molecule has 0 spiro atoms. The number of halogens is 1. The summed E-state index contributed by atoms with van der Waals surface area (Å²) in [6.07, 6.45) is 2.77. The van der Waals surface area contributed by atoms with Crippen LogP contribution in [0.1, 0.15) is 5.56 Å². The van der Waals surface area contributed by atoms with Gasteiger partial charge in [0.15, 0.2) is 15.7 Å². The molecule has 148 valence electrons. The van der Waals surface area contributed by atoms with Gasteiger partial charge in [0.05, 0.1) is 15.4 Å². The number of sulfone groups is 1. The highest BCUT2D eigenvalue weighted by Gasteiger charge is 2.13. The van der Waals surface area contributed by atoms with E-state index in [0.29, 0.717) is 33.9 Å². The number of para-hydroxylation sites is 1. The second-order valence-corrected chi connectivity index (χ2v) is 8.89. The molecule has 2 aromatic carbocycles. The molecule has 0 amide bonds. The van der Waals surface area contributed by atoms with Crippen molar-refractivity contribution in [1.82, 2.24) is 20.2 Å². The van der Waals surface area contributed by atoms with Crippen LogP contribution in [-0.4, -0.2) is 34.8 Å². The van der Waals surface area contributed by atoms with E-state index in [-0.39, 0.29) is 4.90 Å². The third-order valence-electron chi connectivity index (χ3n) is 4.29. The molecule has 0 fully saturated rings. The third-order valence-corrected chi connectivity index (χ3v) is 5.85. The molecule has 2 heterocycles. The summed E-state index contributed by atoms with van der Waals surface area (Å²) in [5.74, 6) is 1.42. The van der Waals surface area contributed by atoms with Gasteiger partial charge in [-0.05, 0) is 42.8 Å². The minimum absolute atomic E-state index is 0.261. The highest BCUT2D eigenvalue weighted by Crippen LogP contribution is 2.28. The largest absolute Gasteiger partial charge is 0.324 e. The van der Waals surface area contributed by atoms with Gasteiger partial charge in [0.25, 0.3) is 0 Å². The van der Waals surface area contributed by atoms with E-state index < -0.39 is 9.84 Å². The number of hydrogen-bond acceptors (Lipinski definition) is 7. The number of anilines is 4. The van der Waals surface area contributed by atoms with Crippen LogP contribution < -0.4 is 10.6 Å². The first-order valence-electron chi connectivity index (χ1n) is 8.61. The Hall–Kier alpha value is -3.17. The number of nitrogens with zero attached hydrogens (tertiary/aromatic N) is 3. The fourth-order valence-electron chi connectivity index (χ4n) is 2.92. The molecule has 0 bridgehead atoms. The molecule has 0 aliphatic carbocycles. The van der Waals surface area contributed by atoms with Crippen LogP contribution in [0, 0.1) is 6.92 Å². The highest BCUT2D eigenvalue weighted by molar-refractivity contribution is 7.90. The van der Waals surface area contributed by atoms with E-state index in [9.17, 15) is 8.42 Å². The molecule has 0 atom stereocenters. The summed E-state index contributed by atoms with van der Waals surface area (Å²) >= 11 is 6.17. The summed E-state index contributed by atoms with van der Waals surface area (Å²) in [4.78, 5) is 8.87. The second-order valence-electron chi connectivity index (χ2n) is 6.50. The third kappa shape index (κ3) is 4.01. The number of fused-ring (bicyclic) bond motifs is 1. The van der Waals surface area contributed by atoms with Gasteiger partial charge in [-0.3, -0.25) is 5.10 Å². The maximum atomic E-state index is 11.9. The number of aromatic nitrogens is 4. The number of hydrogen-bond donors (Lipinski definition) is 3. The molecule has 0 aliphatic heterocycles. The average molecular weight is 429 g/mol. The van der Waals surface area contributed by atoms with Crippen LogP contribution in [0.5, 0.6) is 0 Å². The lowest BCUT2D eigenvalue weighted by Crippen LogP contribution is -2.03. The van der Waals surface area contributed by atoms with E-state index in [1.165, 1.54) is 6.26 Å². The Morgan fingerprint density at radius 3 is 2.72 bits per heavy atom. The molecule has 29 heavy (non-hydrogen) atoms. The fraction of sp³-hybridized carbons (Fsp3) is 0.105. The molecule has 0 saturated carbocycles. The Bertz CT molecular complexity index is 1320. The maximum absolute atomic E-state index is 11.9. The lowest BCUT2D eigenvalue weighted by Gasteiger charge is -2.10. The monoisotopic (exact) mass is 428 g/mol. The number of H-pyrrole nitrogens is 1. The van der Waals surface area contributed by atoms with E-state index in [1.54, 1.807) is 43.5 Å². The van der Waals surface area contributed by atoms with Gasteiger partial charge in [-0.2, -0.15) is 10.1 Å². The van der Waals surface area contributed by atoms with Crippen molar-refractivity contribution in [3.05, 3.63) is 59.2 Å². The predicted octanol–water partition coefficient (Wildman–Crippen LogP) is 4.21. The Morgan fingerprint density at radius 1 is 1.10 bits per heavy atom. The summed E-state index contributed by atoms with van der Waals surface area (Å²) in [5, 5.41) is 14.7. The van der Waals surface area contributed by atoms with Crippen molar-refractivity contribution in [2.24, 2.45) is 0 Å². The van der Waals surface area contributed by atoms with Crippen LogP contribution in [-0.2, 0) is 9.84 Å². The molecule has 4 rings (SSSR count). The molecule has 8 nitrogen and oxygen atoms in total. The highest BCUT2D eigenvalue weighted by atomic mass is 35.5. The van der Waals surface area contributed by atoms with Crippen molar-refractivity contribution >= 4 is 55.6 Å². The lowest BCUT2D eigenvalue weighted by atomic mass is 10.2. The Morgan fingerprint density at radius 2 is 1.93 bits per heavy atom. The van der Waals surface area contributed by atoms with E-state index in [2.05, 4.69) is 30.8 Å². The van der Waals surface area contributed by atoms with Gasteiger partial charge in [0, 0.05) is 23.5 Å². The van der Waals surface area contributed by atoms with Crippen LogP contribution in [0.15, 0.2) is 53.6 Å². The molecule has 3 N–H and O–H groups in total. The minimum atomic E-state index is -3.33. The van der Waals surface area contributed by atoms with Gasteiger partial charge in [-0.15, -0.1) is 0 Å². The lowest BCUT2D eigenvalue weighted by molar-refractivity contribution is 0.601. The molecule has 0 radical (unpaired) electrons. The molecule has 10 heteroatoms. The predicted molar refractivity (Wildman–Crippen MR) is 114 cm³/mol. The first-order valence-corrected chi connectivity index (χ1v) is 10.9. The zero-order chi connectivity index (χ0) is 20.6. The molecular formula is C19H17ClN6O2S. The first-order chi connectivity index (χ1) is 13.8. The van der Waals surface area contributed by atoms with Crippen molar-refractivity contribution in [3.8, 4) is 0 Å². The average Bonchev–Trinajstić information content (AvgIpc) is 3.07. The number of nitrogens with one attached hydrogen (secondary N) is 3. The van der Waals surface area contributed by atoms with Crippen LogP contribution >= 0.6 is 11.6 Å². The quantitative estimate of drug-likeness (QED) is 0.436. The molecule has 2 aromatic heterocycles. The standard InChI is InChI=1S/C19H17ClN6O2S/c1-11-6-7-12(10-15(11)29(2,27)28)22-19-21-9-8-16(24-19)23-18-13-4-3-5-14(20)17(13)25-26-18/h3-10H,1-2H3,(H3,21,22,23,24,25,26). The van der Waals surface area contributed by atoms with E-state index in [0.717, 1.165) is 10.9 Å². The zero-order valence-corrected chi connectivity index (χ0v) is 17.1. The van der Waals surface area contributed by atoms with Gasteiger partial charge in [-0.25, -0.2) is 13.4 Å². The Kier molecular flexibility index (Phi) is 4.85. The van der Waals surface area contributed by atoms with Crippen molar-refractivity contribution in [2.45, 2.75) is 11.8 Å². The van der Waals surface area contributed by atoms with Gasteiger partial charge in [-0.1, -0.05) is 23.7 Å². The van der Waals surface area contributed by atoms with E-state index in [1.807, 2.05) is 12.1 Å². The van der Waals surface area contributed by atoms with Crippen LogP contribution in [0.3, 0.4) is 0 Å². The summed E-state index contributed by atoms with van der Waals surface area (Å²) < 4.78 is 23.9. The van der Waals surface area contributed by atoms with Gasteiger partial charge in [0.2, 0.25) is 5.95 Å². The van der Waals surface area contributed by atoms with Gasteiger partial charge in [0.1, 0.15) is 5.82 Å². The van der Waals surface area contributed by atoms with E-state index in [4.69, 9.17) is 11.6 Å². The number of aryl methyl sites for hydroxylation is 1. The van der Waals surface area contributed by atoms with Crippen molar-refractivity contribution < 1.29 is 8.42 Å². The second kappa shape index (κ2) is 7.34. The minimum Gasteiger partial charge on any atom is -0.324 e. The van der Waals surface area contributed by atoms with Crippen molar-refractivity contribution in [1.29, 1.82) is 0 Å². The molecule has 0 unspecified atom stereocenters. The summed E-state index contributed by atoms with van der Waals surface area (Å²) in [6, 6.07) is 12.3. The fourth-order valence-corrected chi connectivity index (χ4v) is 4.13. The molecule has 4 aromatic rings. The Labute approximate surface area is 172 Å². The van der Waals surface area contributed by atoms with Gasteiger partial charge >= 0.3 is 0 Å². The van der Waals surface area contributed by atoms with E-state index >= 15 is 0 Å². The van der Waals surface area contributed by atoms with Crippen LogP contribution in [0.25, 0.3) is 10.9 Å². The molecule has 0 saturated heterocycles. The normalized spacial score (nSPS) is 11.6. The summed E-state index contributed by atoms with van der Waals surface area (Å²) in [7, 11) is -3.33. The number of rotatable bonds is 5. The molecular weight excluding hydrogens is 412 g/mol. The zero-order valence-electron chi connectivity index (χ0n) is 15.6. The van der Waals surface area contributed by atoms with Crippen molar-refractivity contribution in [2.75, 3.05) is 16.9 Å². The number of aromatic amines is 1. The SMILES string of the molecule is Cc1ccc(Nc2nccc(Nc3n[nH]c4c(Cl)cccc34)n2)cc1S(C)(=O)=O. The smallest absolute Gasteiger partial charge is 0.229 e. The van der Waals surface area contributed by atoms with Crippen LogP contribution in [0.2, 0.25) is 5.02 Å². The van der Waals surface area contributed by atoms with Crippen molar-refractivity contribution in [3.63, 3.8) is 0 Å². The van der Waals surface area contributed by atoms with Gasteiger partial charge < -0.3 is 10.6 Å². The molecule has 0 aliphatic rings. The topological polar surface area (TPSA) is 113 Å². The summed E-state index contributed by atoms with van der Waals surface area (Å²) in [5.41, 5.74) is 1.99. The maximum Gasteiger partial charge on any atom is 0.229 e. The summed E-state index contributed by atoms with van der Waals surface area (Å²) in [6.45, 7) is 1.75. The first kappa shape index (κ1) is 19.2. The Balaban J connectivity index is 1.60. The van der Waals surface area contributed by atoms with Crippen LogP contribution in [0.4, 0.5) is 23.3 Å². The number of benzene rings is 2.